The molecule has 8 nitrogen and oxygen atoms in total. The van der Waals surface area contributed by atoms with E-state index in [1.807, 2.05) is 16.4 Å². The van der Waals surface area contributed by atoms with E-state index in [0.717, 1.165) is 70.9 Å². The summed E-state index contributed by atoms with van der Waals surface area (Å²) < 4.78 is 12.8. The average Bonchev–Trinajstić information content (AvgIpc) is 3.27. The lowest BCUT2D eigenvalue weighted by molar-refractivity contribution is -0.149. The summed E-state index contributed by atoms with van der Waals surface area (Å²) in [5, 5.41) is 0. The Morgan fingerprint density at radius 2 is 1.91 bits per heavy atom. The van der Waals surface area contributed by atoms with Gasteiger partial charge in [0.05, 0.1) is 19.3 Å². The van der Waals surface area contributed by atoms with Crippen molar-refractivity contribution in [2.24, 2.45) is 0 Å². The van der Waals surface area contributed by atoms with E-state index in [2.05, 4.69) is 16.8 Å². The molecule has 1 atom stereocenters. The van der Waals surface area contributed by atoms with Gasteiger partial charge in [0.2, 0.25) is 5.91 Å². The first-order chi connectivity index (χ1) is 16.1. The molecule has 0 radical (unpaired) electrons. The number of likely N-dealkylation sites (tertiary alicyclic amines) is 1. The Morgan fingerprint density at radius 3 is 2.64 bits per heavy atom. The Morgan fingerprint density at radius 1 is 1.15 bits per heavy atom. The molecule has 0 saturated carbocycles. The summed E-state index contributed by atoms with van der Waals surface area (Å²) in [6, 6.07) is 0.567. The van der Waals surface area contributed by atoms with Gasteiger partial charge < -0.3 is 18.9 Å². The Labute approximate surface area is 198 Å². The lowest BCUT2D eigenvalue weighted by Crippen LogP contribution is -2.50. The van der Waals surface area contributed by atoms with Gasteiger partial charge >= 0.3 is 5.97 Å². The molecular weight excluding hydrogens is 420 g/mol. The van der Waals surface area contributed by atoms with Crippen LogP contribution < -0.4 is 0 Å². The van der Waals surface area contributed by atoms with E-state index in [1.165, 1.54) is 19.3 Å². The van der Waals surface area contributed by atoms with E-state index < -0.39 is 0 Å². The third-order valence-corrected chi connectivity index (χ3v) is 6.84. The van der Waals surface area contributed by atoms with Gasteiger partial charge in [-0.05, 0) is 32.6 Å². The lowest BCUT2D eigenvalue weighted by Gasteiger charge is -2.40. The number of unbranched alkanes of at least 4 members (excludes halogenated alkanes) is 3. The molecule has 3 heterocycles. The predicted molar refractivity (Wildman–Crippen MR) is 127 cm³/mol. The molecule has 2 saturated heterocycles. The maximum atomic E-state index is 12.8. The minimum Gasteiger partial charge on any atom is -0.461 e. The zero-order valence-corrected chi connectivity index (χ0v) is 20.5. The average molecular weight is 463 g/mol. The Kier molecular flexibility index (Phi) is 10.7. The quantitative estimate of drug-likeness (QED) is 0.351. The molecule has 0 spiro atoms. The molecule has 1 aromatic rings. The highest BCUT2D eigenvalue weighted by Crippen LogP contribution is 2.19. The first-order valence-electron chi connectivity index (χ1n) is 12.9. The molecule has 0 aliphatic carbocycles. The summed E-state index contributed by atoms with van der Waals surface area (Å²) in [5.41, 5.74) is 0. The van der Waals surface area contributed by atoms with Gasteiger partial charge in [-0.3, -0.25) is 14.5 Å². The summed E-state index contributed by atoms with van der Waals surface area (Å²) in [6.45, 7) is 9.56. The summed E-state index contributed by atoms with van der Waals surface area (Å²) in [6.07, 6.45) is 12.0. The van der Waals surface area contributed by atoms with Crippen LogP contribution in [-0.4, -0.2) is 82.8 Å². The zero-order chi connectivity index (χ0) is 23.5. The van der Waals surface area contributed by atoms with Gasteiger partial charge in [0.25, 0.3) is 0 Å². The van der Waals surface area contributed by atoms with Gasteiger partial charge in [-0.1, -0.05) is 26.2 Å². The molecule has 1 unspecified atom stereocenters. The number of piperidine rings is 1. The molecule has 8 heteroatoms. The molecule has 0 aromatic carbocycles. The van der Waals surface area contributed by atoms with Gasteiger partial charge in [-0.25, -0.2) is 4.98 Å². The van der Waals surface area contributed by atoms with Crippen molar-refractivity contribution >= 4 is 11.9 Å². The molecule has 186 valence electrons. The van der Waals surface area contributed by atoms with E-state index >= 15 is 0 Å². The number of imidazole rings is 1. The number of nitrogens with zero attached hydrogens (tertiary/aromatic N) is 4. The summed E-state index contributed by atoms with van der Waals surface area (Å²) in [4.78, 5) is 34.0. The van der Waals surface area contributed by atoms with Crippen molar-refractivity contribution in [1.29, 1.82) is 0 Å². The van der Waals surface area contributed by atoms with Crippen LogP contribution in [0, 0.1) is 0 Å². The summed E-state index contributed by atoms with van der Waals surface area (Å²) >= 11 is 0. The lowest BCUT2D eigenvalue weighted by atomic mass is 10.0. The molecule has 1 amide bonds. The van der Waals surface area contributed by atoms with Crippen LogP contribution in [0.2, 0.25) is 0 Å². The van der Waals surface area contributed by atoms with Gasteiger partial charge in [0.15, 0.2) is 0 Å². The number of ether oxygens (including phenoxy) is 2. The number of carbonyl (C=O) groups is 2. The number of esters is 1. The number of amides is 1. The minimum absolute atomic E-state index is 0.0664. The molecule has 2 aliphatic rings. The van der Waals surface area contributed by atoms with Crippen LogP contribution in [0.5, 0.6) is 0 Å². The van der Waals surface area contributed by atoms with E-state index in [9.17, 15) is 9.59 Å². The van der Waals surface area contributed by atoms with Crippen LogP contribution in [0.4, 0.5) is 0 Å². The van der Waals surface area contributed by atoms with E-state index in [4.69, 9.17) is 9.47 Å². The van der Waals surface area contributed by atoms with Gasteiger partial charge in [-0.15, -0.1) is 0 Å². The van der Waals surface area contributed by atoms with Crippen LogP contribution in [0.1, 0.15) is 71.0 Å². The second-order valence-electron chi connectivity index (χ2n) is 9.38. The van der Waals surface area contributed by atoms with Crippen LogP contribution in [0.15, 0.2) is 12.4 Å². The summed E-state index contributed by atoms with van der Waals surface area (Å²) in [5.74, 6) is 0.695. The molecule has 33 heavy (non-hydrogen) atoms. The predicted octanol–water partition coefficient (Wildman–Crippen LogP) is 3.04. The Bertz CT molecular complexity index is 724. The fraction of sp³-hybridized carbons (Fsp3) is 0.800. The summed E-state index contributed by atoms with van der Waals surface area (Å²) in [7, 11) is 0. The minimum atomic E-state index is -0.242. The maximum absolute atomic E-state index is 12.8. The van der Waals surface area contributed by atoms with Gasteiger partial charge in [0.1, 0.15) is 12.4 Å². The Hall–Kier alpha value is -1.93. The number of hydrogen-bond acceptors (Lipinski definition) is 6. The molecular formula is C25H42N4O4. The highest BCUT2D eigenvalue weighted by Gasteiger charge is 2.27. The van der Waals surface area contributed by atoms with Crippen LogP contribution in [0.3, 0.4) is 0 Å². The zero-order valence-electron chi connectivity index (χ0n) is 20.5. The third-order valence-electron chi connectivity index (χ3n) is 6.84. The number of aromatic nitrogens is 2. The molecule has 2 aliphatic heterocycles. The van der Waals surface area contributed by atoms with Crippen molar-refractivity contribution in [3.05, 3.63) is 18.2 Å². The number of carbonyl (C=O) groups excluding carboxylic acids is 2. The van der Waals surface area contributed by atoms with Gasteiger partial charge in [0, 0.05) is 57.5 Å². The second kappa shape index (κ2) is 13.7. The number of hydrogen-bond donors (Lipinski definition) is 0. The number of aryl methyl sites for hydroxylation is 1. The molecule has 2 fully saturated rings. The van der Waals surface area contributed by atoms with E-state index in [1.54, 1.807) is 12.4 Å². The van der Waals surface area contributed by atoms with Crippen molar-refractivity contribution in [2.45, 2.75) is 90.3 Å². The largest absolute Gasteiger partial charge is 0.461 e. The van der Waals surface area contributed by atoms with Gasteiger partial charge in [-0.2, -0.15) is 0 Å². The van der Waals surface area contributed by atoms with E-state index in [0.29, 0.717) is 18.9 Å². The van der Waals surface area contributed by atoms with Crippen LogP contribution in [-0.2, 0) is 32.0 Å². The van der Waals surface area contributed by atoms with E-state index in [-0.39, 0.29) is 24.5 Å². The van der Waals surface area contributed by atoms with Crippen molar-refractivity contribution in [3.8, 4) is 0 Å². The molecule has 0 bridgehead atoms. The monoisotopic (exact) mass is 462 g/mol. The maximum Gasteiger partial charge on any atom is 0.326 e. The number of rotatable bonds is 12. The fourth-order valence-corrected chi connectivity index (χ4v) is 4.83. The number of morpholine rings is 1. The van der Waals surface area contributed by atoms with Crippen molar-refractivity contribution < 1.29 is 19.1 Å². The first kappa shape index (κ1) is 25.7. The topological polar surface area (TPSA) is 76.9 Å². The standard InChI is InChI=1S/C25H42N4O4/c1-3-4-5-6-7-21(2)33-25(31)20-29-15-12-26-23(29)8-9-24(30)28-13-10-22(11-14-28)27-16-18-32-19-17-27/h12,15,21-22H,3-11,13-14,16-20H2,1-2H3. The smallest absolute Gasteiger partial charge is 0.326 e. The first-order valence-corrected chi connectivity index (χ1v) is 12.9. The highest BCUT2D eigenvalue weighted by atomic mass is 16.5. The second-order valence-corrected chi connectivity index (χ2v) is 9.38. The normalized spacial score (nSPS) is 18.9. The molecule has 0 N–H and O–H groups in total. The van der Waals surface area contributed by atoms with Crippen LogP contribution >= 0.6 is 0 Å². The molecule has 1 aromatic heterocycles. The fourth-order valence-electron chi connectivity index (χ4n) is 4.83. The van der Waals surface area contributed by atoms with Crippen LogP contribution in [0.25, 0.3) is 0 Å². The molecule has 3 rings (SSSR count). The van der Waals surface area contributed by atoms with Crippen molar-refractivity contribution in [3.63, 3.8) is 0 Å². The van der Waals surface area contributed by atoms with Crippen molar-refractivity contribution in [1.82, 2.24) is 19.4 Å². The third kappa shape index (κ3) is 8.41. The Balaban J connectivity index is 1.37. The SMILES string of the molecule is CCCCCCC(C)OC(=O)Cn1ccnc1CCC(=O)N1CCC(N2CCOCC2)CC1. The highest BCUT2D eigenvalue weighted by molar-refractivity contribution is 5.76. The van der Waals surface area contributed by atoms with Crippen molar-refractivity contribution in [2.75, 3.05) is 39.4 Å².